The quantitative estimate of drug-likeness (QED) is 0.808. The highest BCUT2D eigenvalue weighted by Crippen LogP contribution is 2.24. The molecule has 0 saturated carbocycles. The molecule has 1 saturated heterocycles. The second-order valence-corrected chi connectivity index (χ2v) is 7.14. The van der Waals surface area contributed by atoms with Gasteiger partial charge in [-0.3, -0.25) is 0 Å². The van der Waals surface area contributed by atoms with Crippen LogP contribution in [0.3, 0.4) is 0 Å². The molecular weight excluding hydrogens is 328 g/mol. The van der Waals surface area contributed by atoms with Gasteiger partial charge < -0.3 is 14.8 Å². The lowest BCUT2D eigenvalue weighted by Crippen LogP contribution is -2.45. The van der Waals surface area contributed by atoms with Crippen LogP contribution in [0.4, 0.5) is 4.79 Å². The standard InChI is InChI=1S/C19H28N6O/c1-15(2)18-21-9-12-24(18)11-4-7-22-19(26)25-10-3-5-16(13-25)17-6-8-20-14-23-17/h6,8-9,12,14-16H,3-5,7,10-11,13H2,1-2H3,(H,22,26)/t16-/m0/s1. The number of imidazole rings is 1. The van der Waals surface area contributed by atoms with Gasteiger partial charge in [-0.05, 0) is 25.3 Å². The highest BCUT2D eigenvalue weighted by atomic mass is 16.2. The van der Waals surface area contributed by atoms with Gasteiger partial charge in [0.15, 0.2) is 0 Å². The zero-order chi connectivity index (χ0) is 18.4. The van der Waals surface area contributed by atoms with Crippen molar-refractivity contribution in [3.05, 3.63) is 42.5 Å². The summed E-state index contributed by atoms with van der Waals surface area (Å²) in [4.78, 5) is 27.1. The molecule has 140 valence electrons. The third-order valence-corrected chi connectivity index (χ3v) is 4.85. The SMILES string of the molecule is CC(C)c1nccn1CCCNC(=O)N1CCC[C@H](c2ccncn2)C1. The van der Waals surface area contributed by atoms with Crippen LogP contribution in [-0.2, 0) is 6.54 Å². The van der Waals surface area contributed by atoms with Crippen LogP contribution in [0.5, 0.6) is 0 Å². The fraction of sp³-hybridized carbons (Fsp3) is 0.579. The molecule has 0 radical (unpaired) electrons. The van der Waals surface area contributed by atoms with Crippen LogP contribution in [0, 0.1) is 0 Å². The molecule has 1 fully saturated rings. The number of carbonyl (C=O) groups is 1. The Morgan fingerprint density at radius 3 is 3.00 bits per heavy atom. The molecule has 0 aliphatic carbocycles. The smallest absolute Gasteiger partial charge is 0.317 e. The predicted octanol–water partition coefficient (Wildman–Crippen LogP) is 2.78. The third-order valence-electron chi connectivity index (χ3n) is 4.85. The van der Waals surface area contributed by atoms with Gasteiger partial charge in [0.25, 0.3) is 0 Å². The molecule has 2 aromatic rings. The third kappa shape index (κ3) is 4.59. The maximum Gasteiger partial charge on any atom is 0.317 e. The molecule has 2 aromatic heterocycles. The van der Waals surface area contributed by atoms with E-state index in [0.717, 1.165) is 50.4 Å². The monoisotopic (exact) mass is 356 g/mol. The van der Waals surface area contributed by atoms with Crippen molar-refractivity contribution in [2.24, 2.45) is 0 Å². The summed E-state index contributed by atoms with van der Waals surface area (Å²) >= 11 is 0. The Bertz CT molecular complexity index is 699. The zero-order valence-electron chi connectivity index (χ0n) is 15.6. The number of hydrogen-bond acceptors (Lipinski definition) is 4. The van der Waals surface area contributed by atoms with Gasteiger partial charge >= 0.3 is 6.03 Å². The number of amides is 2. The average Bonchev–Trinajstić information content (AvgIpc) is 3.15. The number of aromatic nitrogens is 4. The zero-order valence-corrected chi connectivity index (χ0v) is 15.6. The first-order chi connectivity index (χ1) is 12.6. The van der Waals surface area contributed by atoms with Crippen molar-refractivity contribution in [3.8, 4) is 0 Å². The maximum atomic E-state index is 12.5. The van der Waals surface area contributed by atoms with E-state index in [1.807, 2.05) is 23.4 Å². The van der Waals surface area contributed by atoms with Crippen LogP contribution >= 0.6 is 0 Å². The molecule has 1 aliphatic heterocycles. The van der Waals surface area contributed by atoms with Crippen LogP contribution in [0.2, 0.25) is 0 Å². The minimum atomic E-state index is 0.0264. The Morgan fingerprint density at radius 1 is 1.35 bits per heavy atom. The van der Waals surface area contributed by atoms with Gasteiger partial charge in [-0.2, -0.15) is 0 Å². The minimum absolute atomic E-state index is 0.0264. The number of nitrogens with one attached hydrogen (secondary N) is 1. The van der Waals surface area contributed by atoms with Crippen molar-refractivity contribution >= 4 is 6.03 Å². The van der Waals surface area contributed by atoms with Crippen molar-refractivity contribution in [2.45, 2.75) is 51.5 Å². The topological polar surface area (TPSA) is 75.9 Å². The number of likely N-dealkylation sites (tertiary alicyclic amines) is 1. The number of nitrogens with zero attached hydrogens (tertiary/aromatic N) is 5. The predicted molar refractivity (Wildman–Crippen MR) is 99.9 cm³/mol. The molecule has 0 aromatic carbocycles. The second-order valence-electron chi connectivity index (χ2n) is 7.14. The molecule has 1 atom stereocenters. The van der Waals surface area contributed by atoms with E-state index in [-0.39, 0.29) is 6.03 Å². The minimum Gasteiger partial charge on any atom is -0.338 e. The fourth-order valence-corrected chi connectivity index (χ4v) is 3.51. The normalized spacial score (nSPS) is 17.5. The van der Waals surface area contributed by atoms with Gasteiger partial charge in [-0.1, -0.05) is 13.8 Å². The van der Waals surface area contributed by atoms with Gasteiger partial charge in [-0.25, -0.2) is 19.7 Å². The molecule has 7 nitrogen and oxygen atoms in total. The van der Waals surface area contributed by atoms with Crippen molar-refractivity contribution in [1.82, 2.24) is 29.7 Å². The first-order valence-electron chi connectivity index (χ1n) is 9.45. The lowest BCUT2D eigenvalue weighted by atomic mass is 9.95. The molecule has 1 aliphatic rings. The first-order valence-corrected chi connectivity index (χ1v) is 9.45. The van der Waals surface area contributed by atoms with Crippen LogP contribution < -0.4 is 5.32 Å². The summed E-state index contributed by atoms with van der Waals surface area (Å²) in [6.45, 7) is 7.37. The van der Waals surface area contributed by atoms with Crippen molar-refractivity contribution < 1.29 is 4.79 Å². The molecule has 0 bridgehead atoms. The highest BCUT2D eigenvalue weighted by molar-refractivity contribution is 5.74. The Balaban J connectivity index is 1.44. The molecule has 0 spiro atoms. The summed E-state index contributed by atoms with van der Waals surface area (Å²) in [5.41, 5.74) is 1.03. The summed E-state index contributed by atoms with van der Waals surface area (Å²) in [7, 11) is 0. The molecule has 3 heterocycles. The van der Waals surface area contributed by atoms with Crippen molar-refractivity contribution in [1.29, 1.82) is 0 Å². The van der Waals surface area contributed by atoms with E-state index < -0.39 is 0 Å². The summed E-state index contributed by atoms with van der Waals surface area (Å²) in [6.07, 6.45) is 10.2. The molecule has 0 unspecified atom stereocenters. The number of urea groups is 1. The number of carbonyl (C=O) groups excluding carboxylic acids is 1. The number of rotatable bonds is 6. The van der Waals surface area contributed by atoms with E-state index >= 15 is 0 Å². The largest absolute Gasteiger partial charge is 0.338 e. The lowest BCUT2D eigenvalue weighted by Gasteiger charge is -2.32. The first kappa shape index (κ1) is 18.4. The second kappa shape index (κ2) is 8.78. The van der Waals surface area contributed by atoms with Crippen molar-refractivity contribution in [3.63, 3.8) is 0 Å². The van der Waals surface area contributed by atoms with E-state index in [0.29, 0.717) is 18.4 Å². The molecular formula is C19H28N6O. The van der Waals surface area contributed by atoms with Gasteiger partial charge in [-0.15, -0.1) is 0 Å². The van der Waals surface area contributed by atoms with E-state index in [1.165, 1.54) is 0 Å². The van der Waals surface area contributed by atoms with E-state index in [1.54, 1.807) is 12.5 Å². The molecule has 7 heteroatoms. The molecule has 1 N–H and O–H groups in total. The summed E-state index contributed by atoms with van der Waals surface area (Å²) in [5, 5.41) is 3.06. The van der Waals surface area contributed by atoms with E-state index in [9.17, 15) is 4.79 Å². The van der Waals surface area contributed by atoms with E-state index in [2.05, 4.69) is 38.7 Å². The van der Waals surface area contributed by atoms with Gasteiger partial charge in [0.2, 0.25) is 0 Å². The average molecular weight is 356 g/mol. The summed E-state index contributed by atoms with van der Waals surface area (Å²) in [6, 6.07) is 1.97. The van der Waals surface area contributed by atoms with Crippen LogP contribution in [0.1, 0.15) is 56.5 Å². The summed E-state index contributed by atoms with van der Waals surface area (Å²) < 4.78 is 2.17. The van der Waals surface area contributed by atoms with Crippen molar-refractivity contribution in [2.75, 3.05) is 19.6 Å². The Hall–Kier alpha value is -2.44. The van der Waals surface area contributed by atoms with E-state index in [4.69, 9.17) is 0 Å². The lowest BCUT2D eigenvalue weighted by molar-refractivity contribution is 0.179. The van der Waals surface area contributed by atoms with Crippen LogP contribution in [0.25, 0.3) is 0 Å². The molecule has 26 heavy (non-hydrogen) atoms. The van der Waals surface area contributed by atoms with Crippen LogP contribution in [-0.4, -0.2) is 50.1 Å². The van der Waals surface area contributed by atoms with Gasteiger partial charge in [0.1, 0.15) is 12.2 Å². The number of aryl methyl sites for hydroxylation is 1. The van der Waals surface area contributed by atoms with Gasteiger partial charge in [0.05, 0.1) is 0 Å². The maximum absolute atomic E-state index is 12.5. The highest BCUT2D eigenvalue weighted by Gasteiger charge is 2.25. The van der Waals surface area contributed by atoms with Crippen LogP contribution in [0.15, 0.2) is 31.0 Å². The number of piperidine rings is 1. The summed E-state index contributed by atoms with van der Waals surface area (Å²) in [5.74, 6) is 1.81. The molecule has 2 amide bonds. The fourth-order valence-electron chi connectivity index (χ4n) is 3.51. The Labute approximate surface area is 154 Å². The Morgan fingerprint density at radius 2 is 2.23 bits per heavy atom. The van der Waals surface area contributed by atoms with Gasteiger partial charge in [0, 0.05) is 62.3 Å². The Kier molecular flexibility index (Phi) is 6.20. The molecule has 3 rings (SSSR count). The number of hydrogen-bond donors (Lipinski definition) is 1.